The van der Waals surface area contributed by atoms with Gasteiger partial charge in [-0.05, 0) is 51.0 Å². The zero-order valence-corrected chi connectivity index (χ0v) is 13.6. The smallest absolute Gasteiger partial charge is 0.350 e. The van der Waals surface area contributed by atoms with Gasteiger partial charge in [-0.25, -0.2) is 4.79 Å². The van der Waals surface area contributed by atoms with Crippen molar-refractivity contribution in [2.75, 3.05) is 18.5 Å². The number of unbranched alkanes of at least 4 members (excludes halogenated alkanes) is 1. The van der Waals surface area contributed by atoms with Crippen LogP contribution in [0.3, 0.4) is 0 Å². The van der Waals surface area contributed by atoms with E-state index in [0.29, 0.717) is 18.8 Å². The first-order valence-corrected chi connectivity index (χ1v) is 7.75. The Labute approximate surface area is 127 Å². The number of carbonyl (C=O) groups excluding carboxylic acids is 1. The lowest BCUT2D eigenvalue weighted by molar-refractivity contribution is -0.160. The molecule has 1 unspecified atom stereocenters. The largest absolute Gasteiger partial charge is 0.476 e. The standard InChI is InChI=1S/C17H27NO3/c1-5-8-13-18-14-9-11-15(12-10-14)21-17(4,6-2)16(19)20-7-3/h9-12,18H,5-8,13H2,1-4H3. The van der Waals surface area contributed by atoms with Crippen molar-refractivity contribution < 1.29 is 14.3 Å². The average molecular weight is 293 g/mol. The molecule has 0 aliphatic heterocycles. The molecule has 0 fully saturated rings. The lowest BCUT2D eigenvalue weighted by Crippen LogP contribution is -2.42. The van der Waals surface area contributed by atoms with Gasteiger partial charge in [0, 0.05) is 12.2 Å². The van der Waals surface area contributed by atoms with Crippen molar-refractivity contribution in [3.63, 3.8) is 0 Å². The van der Waals surface area contributed by atoms with Gasteiger partial charge in [-0.1, -0.05) is 20.3 Å². The summed E-state index contributed by atoms with van der Waals surface area (Å²) in [5, 5.41) is 3.35. The topological polar surface area (TPSA) is 47.6 Å². The Morgan fingerprint density at radius 3 is 2.38 bits per heavy atom. The summed E-state index contributed by atoms with van der Waals surface area (Å²) in [5.74, 6) is 0.353. The molecule has 0 aliphatic rings. The summed E-state index contributed by atoms with van der Waals surface area (Å²) >= 11 is 0. The maximum atomic E-state index is 12.0. The van der Waals surface area contributed by atoms with Crippen LogP contribution in [0, 0.1) is 0 Å². The third-order valence-electron chi connectivity index (χ3n) is 3.44. The van der Waals surface area contributed by atoms with E-state index in [-0.39, 0.29) is 5.97 Å². The Balaban J connectivity index is 2.66. The van der Waals surface area contributed by atoms with Crippen LogP contribution in [0.4, 0.5) is 5.69 Å². The molecule has 1 aromatic rings. The second-order valence-corrected chi connectivity index (χ2v) is 5.21. The number of esters is 1. The van der Waals surface area contributed by atoms with Gasteiger partial charge in [-0.2, -0.15) is 0 Å². The molecule has 0 bridgehead atoms. The first-order valence-electron chi connectivity index (χ1n) is 7.75. The van der Waals surface area contributed by atoms with Crippen LogP contribution in [0.15, 0.2) is 24.3 Å². The summed E-state index contributed by atoms with van der Waals surface area (Å²) in [7, 11) is 0. The van der Waals surface area contributed by atoms with Crippen LogP contribution in [0.2, 0.25) is 0 Å². The summed E-state index contributed by atoms with van der Waals surface area (Å²) in [6.07, 6.45) is 2.87. The number of anilines is 1. The second-order valence-electron chi connectivity index (χ2n) is 5.21. The van der Waals surface area contributed by atoms with Crippen molar-refractivity contribution in [1.82, 2.24) is 0 Å². The van der Waals surface area contributed by atoms with E-state index in [0.717, 1.165) is 18.7 Å². The monoisotopic (exact) mass is 293 g/mol. The Morgan fingerprint density at radius 1 is 1.19 bits per heavy atom. The molecule has 0 saturated heterocycles. The van der Waals surface area contributed by atoms with E-state index in [2.05, 4.69) is 12.2 Å². The van der Waals surface area contributed by atoms with Gasteiger partial charge in [0.05, 0.1) is 6.61 Å². The average Bonchev–Trinajstić information content (AvgIpc) is 2.49. The molecular weight excluding hydrogens is 266 g/mol. The molecule has 1 rings (SSSR count). The van der Waals surface area contributed by atoms with E-state index in [4.69, 9.17) is 9.47 Å². The molecule has 4 nitrogen and oxygen atoms in total. The number of rotatable bonds is 9. The second kappa shape index (κ2) is 8.55. The molecular formula is C17H27NO3. The minimum absolute atomic E-state index is 0.322. The highest BCUT2D eigenvalue weighted by Crippen LogP contribution is 2.24. The van der Waals surface area contributed by atoms with Crippen LogP contribution in [-0.4, -0.2) is 24.7 Å². The summed E-state index contributed by atoms with van der Waals surface area (Å²) in [5.41, 5.74) is 0.123. The highest BCUT2D eigenvalue weighted by Gasteiger charge is 2.35. The third-order valence-corrected chi connectivity index (χ3v) is 3.44. The van der Waals surface area contributed by atoms with Crippen LogP contribution in [0.1, 0.15) is 47.0 Å². The van der Waals surface area contributed by atoms with E-state index >= 15 is 0 Å². The van der Waals surface area contributed by atoms with Gasteiger partial charge in [-0.3, -0.25) is 0 Å². The minimum atomic E-state index is -0.937. The maximum Gasteiger partial charge on any atom is 0.350 e. The molecule has 4 heteroatoms. The number of carbonyl (C=O) groups is 1. The van der Waals surface area contributed by atoms with Crippen molar-refractivity contribution in [2.45, 2.75) is 52.6 Å². The molecule has 0 aromatic heterocycles. The van der Waals surface area contributed by atoms with E-state index in [1.807, 2.05) is 31.2 Å². The summed E-state index contributed by atoms with van der Waals surface area (Å²) in [6.45, 7) is 8.96. The fourth-order valence-corrected chi connectivity index (χ4v) is 1.85. The zero-order chi connectivity index (χ0) is 15.7. The summed E-state index contributed by atoms with van der Waals surface area (Å²) < 4.78 is 10.9. The predicted octanol–water partition coefficient (Wildman–Crippen LogP) is 4.01. The lowest BCUT2D eigenvalue weighted by Gasteiger charge is -2.27. The quantitative estimate of drug-likeness (QED) is 0.552. The van der Waals surface area contributed by atoms with Gasteiger partial charge in [0.2, 0.25) is 5.60 Å². The molecule has 0 spiro atoms. The van der Waals surface area contributed by atoms with E-state index < -0.39 is 5.60 Å². The lowest BCUT2D eigenvalue weighted by atomic mass is 10.0. The normalized spacial score (nSPS) is 13.3. The molecule has 21 heavy (non-hydrogen) atoms. The first-order chi connectivity index (χ1) is 10.1. The highest BCUT2D eigenvalue weighted by molar-refractivity contribution is 5.79. The van der Waals surface area contributed by atoms with E-state index in [1.165, 1.54) is 6.42 Å². The highest BCUT2D eigenvalue weighted by atomic mass is 16.6. The first kappa shape index (κ1) is 17.3. The molecule has 118 valence electrons. The molecule has 0 heterocycles. The van der Waals surface area contributed by atoms with Crippen molar-refractivity contribution in [2.24, 2.45) is 0 Å². The van der Waals surface area contributed by atoms with Crippen molar-refractivity contribution in [3.8, 4) is 5.75 Å². The number of benzene rings is 1. The predicted molar refractivity (Wildman–Crippen MR) is 85.8 cm³/mol. The van der Waals surface area contributed by atoms with Crippen LogP contribution in [0.5, 0.6) is 5.75 Å². The number of hydrogen-bond acceptors (Lipinski definition) is 4. The van der Waals surface area contributed by atoms with Crippen molar-refractivity contribution in [3.05, 3.63) is 24.3 Å². The Kier molecular flexibility index (Phi) is 7.06. The fourth-order valence-electron chi connectivity index (χ4n) is 1.85. The maximum absolute atomic E-state index is 12.0. The molecule has 1 N–H and O–H groups in total. The van der Waals surface area contributed by atoms with Gasteiger partial charge in [0.1, 0.15) is 5.75 Å². The van der Waals surface area contributed by atoms with Gasteiger partial charge in [0.25, 0.3) is 0 Å². The molecule has 0 amide bonds. The molecule has 0 saturated carbocycles. The van der Waals surface area contributed by atoms with Gasteiger partial charge < -0.3 is 14.8 Å². The SMILES string of the molecule is CCCCNc1ccc(OC(C)(CC)C(=O)OCC)cc1. The van der Waals surface area contributed by atoms with Crippen LogP contribution in [0.25, 0.3) is 0 Å². The van der Waals surface area contributed by atoms with Crippen LogP contribution in [-0.2, 0) is 9.53 Å². The van der Waals surface area contributed by atoms with Crippen molar-refractivity contribution >= 4 is 11.7 Å². The number of nitrogens with one attached hydrogen (secondary N) is 1. The number of hydrogen-bond donors (Lipinski definition) is 1. The molecule has 0 aliphatic carbocycles. The van der Waals surface area contributed by atoms with E-state index in [1.54, 1.807) is 13.8 Å². The van der Waals surface area contributed by atoms with Gasteiger partial charge in [0.15, 0.2) is 0 Å². The van der Waals surface area contributed by atoms with Crippen LogP contribution >= 0.6 is 0 Å². The van der Waals surface area contributed by atoms with E-state index in [9.17, 15) is 4.79 Å². The Hall–Kier alpha value is -1.71. The Morgan fingerprint density at radius 2 is 1.86 bits per heavy atom. The van der Waals surface area contributed by atoms with Gasteiger partial charge in [-0.15, -0.1) is 0 Å². The van der Waals surface area contributed by atoms with Crippen LogP contribution < -0.4 is 10.1 Å². The number of ether oxygens (including phenoxy) is 2. The third kappa shape index (κ3) is 5.29. The molecule has 0 radical (unpaired) electrons. The molecule has 1 atom stereocenters. The van der Waals surface area contributed by atoms with Crippen molar-refractivity contribution in [1.29, 1.82) is 0 Å². The molecule has 1 aromatic carbocycles. The minimum Gasteiger partial charge on any atom is -0.476 e. The zero-order valence-electron chi connectivity index (χ0n) is 13.6. The summed E-state index contributed by atoms with van der Waals surface area (Å²) in [6, 6.07) is 7.68. The van der Waals surface area contributed by atoms with Gasteiger partial charge >= 0.3 is 5.97 Å². The summed E-state index contributed by atoms with van der Waals surface area (Å²) in [4.78, 5) is 12.0. The Bertz CT molecular complexity index is 430. The fraction of sp³-hybridized carbons (Fsp3) is 0.588.